The molecule has 2 aromatic carbocycles. The van der Waals surface area contributed by atoms with Crippen LogP contribution in [0, 0.1) is 0 Å². The topological polar surface area (TPSA) is 130 Å². The van der Waals surface area contributed by atoms with Crippen molar-refractivity contribution in [2.45, 2.75) is 0 Å². The predicted octanol–water partition coefficient (Wildman–Crippen LogP) is 2.56. The maximum absolute atomic E-state index is 12.7. The molecule has 2 amide bonds. The highest BCUT2D eigenvalue weighted by Gasteiger charge is 2.17. The molecule has 0 aliphatic heterocycles. The van der Waals surface area contributed by atoms with Crippen LogP contribution in [0.5, 0.6) is 0 Å². The van der Waals surface area contributed by atoms with Crippen LogP contribution in [-0.4, -0.2) is 50.7 Å². The number of amides is 2. The number of carbonyl (C=O) groups is 2. The zero-order chi connectivity index (χ0) is 21.3. The Labute approximate surface area is 172 Å². The lowest BCUT2D eigenvalue weighted by Crippen LogP contribution is -2.21. The highest BCUT2D eigenvalue weighted by Crippen LogP contribution is 2.21. The van der Waals surface area contributed by atoms with Gasteiger partial charge in [0.2, 0.25) is 5.95 Å². The zero-order valence-corrected chi connectivity index (χ0v) is 16.4. The summed E-state index contributed by atoms with van der Waals surface area (Å²) in [4.78, 5) is 42.0. The molecule has 9 nitrogen and oxygen atoms in total. The van der Waals surface area contributed by atoms with E-state index >= 15 is 0 Å². The molecule has 0 saturated heterocycles. The van der Waals surface area contributed by atoms with Crippen LogP contribution in [0.1, 0.15) is 20.8 Å². The minimum absolute atomic E-state index is 0.00627. The second-order valence-electron chi connectivity index (χ2n) is 6.82. The summed E-state index contributed by atoms with van der Waals surface area (Å²) in [7, 11) is 3.38. The minimum Gasteiger partial charge on any atom is -0.382 e. The quantitative estimate of drug-likeness (QED) is 0.482. The van der Waals surface area contributed by atoms with Gasteiger partial charge in [-0.05, 0) is 24.3 Å². The van der Waals surface area contributed by atoms with Crippen LogP contribution in [0.4, 0.5) is 11.8 Å². The standard InChI is InChI=1S/C21H19N7O2/c1-28(2)20(30)13-9-7-12(8-10-13)16-11-23-18(22)17(24-16)19(29)27-21-25-14-5-3-4-6-15(14)26-21/h3-11H,1-2H3,(H2,22,23)(H2,25,26,27,29). The molecule has 9 heteroatoms. The molecule has 30 heavy (non-hydrogen) atoms. The van der Waals surface area contributed by atoms with Gasteiger partial charge in [0.15, 0.2) is 11.5 Å². The smallest absolute Gasteiger partial charge is 0.280 e. The maximum atomic E-state index is 12.7. The molecule has 0 fully saturated rings. The number of fused-ring (bicyclic) bond motifs is 1. The first-order chi connectivity index (χ1) is 14.4. The third-order valence-electron chi connectivity index (χ3n) is 4.47. The molecule has 0 radical (unpaired) electrons. The third-order valence-corrected chi connectivity index (χ3v) is 4.47. The number of anilines is 2. The molecule has 0 unspecified atom stereocenters. The Bertz CT molecular complexity index is 1210. The molecular formula is C21H19N7O2. The summed E-state index contributed by atoms with van der Waals surface area (Å²) < 4.78 is 0. The summed E-state index contributed by atoms with van der Waals surface area (Å²) in [5.74, 6) is -0.331. The number of nitrogens with one attached hydrogen (secondary N) is 2. The van der Waals surface area contributed by atoms with E-state index in [4.69, 9.17) is 5.73 Å². The number of imidazole rings is 1. The van der Waals surface area contributed by atoms with E-state index in [1.807, 2.05) is 24.3 Å². The SMILES string of the molecule is CN(C)C(=O)c1ccc(-c2cnc(N)c(C(=O)Nc3nc4ccccc4[nH]3)n2)cc1. The molecule has 0 aliphatic carbocycles. The van der Waals surface area contributed by atoms with Crippen molar-refractivity contribution in [1.82, 2.24) is 24.8 Å². The Balaban J connectivity index is 1.59. The van der Waals surface area contributed by atoms with Gasteiger partial charge in [0.25, 0.3) is 11.8 Å². The van der Waals surface area contributed by atoms with Gasteiger partial charge in [0.1, 0.15) is 0 Å². The van der Waals surface area contributed by atoms with Crippen molar-refractivity contribution in [2.75, 3.05) is 25.1 Å². The molecule has 0 aliphatic rings. The number of hydrogen-bond donors (Lipinski definition) is 3. The molecule has 0 bridgehead atoms. The summed E-state index contributed by atoms with van der Waals surface area (Å²) in [5, 5.41) is 2.67. The Morgan fingerprint density at radius 2 is 1.77 bits per heavy atom. The number of carbonyl (C=O) groups excluding carboxylic acids is 2. The van der Waals surface area contributed by atoms with Crippen molar-refractivity contribution in [3.8, 4) is 11.3 Å². The zero-order valence-electron chi connectivity index (χ0n) is 16.4. The number of nitrogens with two attached hydrogens (primary N) is 1. The molecule has 0 atom stereocenters. The summed E-state index contributed by atoms with van der Waals surface area (Å²) >= 11 is 0. The van der Waals surface area contributed by atoms with E-state index in [1.165, 1.54) is 11.1 Å². The number of rotatable bonds is 4. The van der Waals surface area contributed by atoms with E-state index in [1.54, 1.807) is 38.4 Å². The normalized spacial score (nSPS) is 10.7. The maximum Gasteiger partial charge on any atom is 0.280 e. The second-order valence-corrected chi connectivity index (χ2v) is 6.82. The lowest BCUT2D eigenvalue weighted by atomic mass is 10.1. The van der Waals surface area contributed by atoms with Gasteiger partial charge < -0.3 is 15.6 Å². The third kappa shape index (κ3) is 3.68. The number of benzene rings is 2. The average molecular weight is 401 g/mol. The molecular weight excluding hydrogens is 382 g/mol. The van der Waals surface area contributed by atoms with Gasteiger partial charge in [-0.15, -0.1) is 0 Å². The average Bonchev–Trinajstić information content (AvgIpc) is 3.15. The first kappa shape index (κ1) is 19.1. The number of H-pyrrole nitrogens is 1. The number of aromatic amines is 1. The molecule has 0 saturated carbocycles. The monoisotopic (exact) mass is 401 g/mol. The fraction of sp³-hybridized carbons (Fsp3) is 0.0952. The van der Waals surface area contributed by atoms with Gasteiger partial charge in [-0.2, -0.15) is 0 Å². The first-order valence-corrected chi connectivity index (χ1v) is 9.13. The van der Waals surface area contributed by atoms with E-state index in [0.717, 1.165) is 11.0 Å². The highest BCUT2D eigenvalue weighted by molar-refractivity contribution is 6.05. The van der Waals surface area contributed by atoms with Crippen molar-refractivity contribution in [1.29, 1.82) is 0 Å². The van der Waals surface area contributed by atoms with Crippen LogP contribution in [0.3, 0.4) is 0 Å². The van der Waals surface area contributed by atoms with Crippen molar-refractivity contribution in [3.63, 3.8) is 0 Å². The van der Waals surface area contributed by atoms with Gasteiger partial charge in [-0.1, -0.05) is 24.3 Å². The van der Waals surface area contributed by atoms with Crippen LogP contribution in [0.2, 0.25) is 0 Å². The number of nitrogen functional groups attached to an aromatic ring is 1. The second kappa shape index (κ2) is 7.63. The lowest BCUT2D eigenvalue weighted by Gasteiger charge is -2.11. The highest BCUT2D eigenvalue weighted by atomic mass is 16.2. The van der Waals surface area contributed by atoms with Crippen molar-refractivity contribution in [3.05, 3.63) is 66.0 Å². The Hall–Kier alpha value is -4.27. The summed E-state index contributed by atoms with van der Waals surface area (Å²) in [5.41, 5.74) is 9.11. The molecule has 4 rings (SSSR count). The Kier molecular flexibility index (Phi) is 4.85. The van der Waals surface area contributed by atoms with Crippen LogP contribution in [-0.2, 0) is 0 Å². The molecule has 0 spiro atoms. The predicted molar refractivity (Wildman–Crippen MR) is 114 cm³/mol. The van der Waals surface area contributed by atoms with E-state index in [2.05, 4.69) is 25.3 Å². The van der Waals surface area contributed by atoms with Crippen LogP contribution < -0.4 is 11.1 Å². The lowest BCUT2D eigenvalue weighted by molar-refractivity contribution is 0.0827. The minimum atomic E-state index is -0.527. The molecule has 2 heterocycles. The van der Waals surface area contributed by atoms with Crippen LogP contribution in [0.25, 0.3) is 22.3 Å². The van der Waals surface area contributed by atoms with Gasteiger partial charge in [0, 0.05) is 25.2 Å². The number of aromatic nitrogens is 4. The van der Waals surface area contributed by atoms with E-state index < -0.39 is 5.91 Å². The fourth-order valence-corrected chi connectivity index (χ4v) is 2.93. The van der Waals surface area contributed by atoms with Gasteiger partial charge in [-0.25, -0.2) is 15.0 Å². The number of para-hydroxylation sites is 2. The number of hydrogen-bond acceptors (Lipinski definition) is 6. The van der Waals surface area contributed by atoms with Crippen LogP contribution in [0.15, 0.2) is 54.7 Å². The van der Waals surface area contributed by atoms with Gasteiger partial charge in [-0.3, -0.25) is 14.9 Å². The van der Waals surface area contributed by atoms with E-state index in [-0.39, 0.29) is 17.4 Å². The van der Waals surface area contributed by atoms with Crippen LogP contribution >= 0.6 is 0 Å². The Morgan fingerprint density at radius 3 is 2.47 bits per heavy atom. The molecule has 4 N–H and O–H groups in total. The summed E-state index contributed by atoms with van der Waals surface area (Å²) in [6.45, 7) is 0. The largest absolute Gasteiger partial charge is 0.382 e. The summed E-state index contributed by atoms with van der Waals surface area (Å²) in [6.07, 6.45) is 1.48. The number of nitrogens with zero attached hydrogens (tertiary/aromatic N) is 4. The van der Waals surface area contributed by atoms with E-state index in [9.17, 15) is 9.59 Å². The molecule has 150 valence electrons. The summed E-state index contributed by atoms with van der Waals surface area (Å²) in [6, 6.07) is 14.3. The molecule has 4 aromatic rings. The fourth-order valence-electron chi connectivity index (χ4n) is 2.93. The van der Waals surface area contributed by atoms with Gasteiger partial charge in [0.05, 0.1) is 22.9 Å². The van der Waals surface area contributed by atoms with Crippen molar-refractivity contribution >= 4 is 34.6 Å². The molecule has 2 aromatic heterocycles. The van der Waals surface area contributed by atoms with Crippen molar-refractivity contribution in [2.24, 2.45) is 0 Å². The van der Waals surface area contributed by atoms with E-state index in [0.29, 0.717) is 22.8 Å². The van der Waals surface area contributed by atoms with Crippen molar-refractivity contribution < 1.29 is 9.59 Å². The first-order valence-electron chi connectivity index (χ1n) is 9.13. The van der Waals surface area contributed by atoms with Gasteiger partial charge >= 0.3 is 0 Å². The Morgan fingerprint density at radius 1 is 1.03 bits per heavy atom.